The van der Waals surface area contributed by atoms with Gasteiger partial charge in [-0.25, -0.2) is 0 Å². The van der Waals surface area contributed by atoms with Crippen LogP contribution in [-0.4, -0.2) is 39.2 Å². The Morgan fingerprint density at radius 2 is 1.94 bits per heavy atom. The summed E-state index contributed by atoms with van der Waals surface area (Å²) in [5.74, 6) is 1.13. The summed E-state index contributed by atoms with van der Waals surface area (Å²) in [7, 11) is 3.64. The Morgan fingerprint density at radius 3 is 2.53 bits per heavy atom. The van der Waals surface area contributed by atoms with Crippen molar-refractivity contribution in [1.29, 1.82) is 0 Å². The Balaban J connectivity index is 2.26. The molecule has 0 saturated heterocycles. The zero-order valence-corrected chi connectivity index (χ0v) is 10.4. The molecule has 0 aliphatic heterocycles. The van der Waals surface area contributed by atoms with Gasteiger partial charge in [-0.3, -0.25) is 0 Å². The molecule has 0 radical (unpaired) electrons. The standard InChI is InChI=1S/C8H11N7OS/c1-4-13-14-8(16-4)17-7-11-5(9)10-6(12-7)15(2)3/h1-3H3,(H2,9,10,11,12). The van der Waals surface area contributed by atoms with Crippen LogP contribution in [0.2, 0.25) is 0 Å². The maximum atomic E-state index is 5.59. The number of nitrogens with zero attached hydrogens (tertiary/aromatic N) is 6. The second kappa shape index (κ2) is 4.53. The van der Waals surface area contributed by atoms with Gasteiger partial charge in [-0.15, -0.1) is 10.2 Å². The molecule has 9 heteroatoms. The van der Waals surface area contributed by atoms with E-state index in [0.717, 1.165) is 11.8 Å². The van der Waals surface area contributed by atoms with Gasteiger partial charge in [-0.2, -0.15) is 15.0 Å². The first-order chi connectivity index (χ1) is 8.04. The molecule has 0 aliphatic carbocycles. The maximum absolute atomic E-state index is 5.59. The van der Waals surface area contributed by atoms with Crippen LogP contribution in [0.4, 0.5) is 11.9 Å². The molecule has 0 atom stereocenters. The Morgan fingerprint density at radius 1 is 1.18 bits per heavy atom. The summed E-state index contributed by atoms with van der Waals surface area (Å²) >= 11 is 1.14. The van der Waals surface area contributed by atoms with Crippen molar-refractivity contribution >= 4 is 23.7 Å². The summed E-state index contributed by atoms with van der Waals surface area (Å²) < 4.78 is 5.21. The van der Waals surface area contributed by atoms with Crippen molar-refractivity contribution < 1.29 is 4.42 Å². The van der Waals surface area contributed by atoms with Gasteiger partial charge >= 0.3 is 0 Å². The molecule has 90 valence electrons. The van der Waals surface area contributed by atoms with Crippen LogP contribution >= 0.6 is 11.8 Å². The van der Waals surface area contributed by atoms with E-state index in [1.807, 2.05) is 14.1 Å². The van der Waals surface area contributed by atoms with Gasteiger partial charge in [-0.05, 0) is 0 Å². The van der Waals surface area contributed by atoms with Crippen LogP contribution in [0.15, 0.2) is 14.8 Å². The van der Waals surface area contributed by atoms with Gasteiger partial charge in [-0.1, -0.05) is 0 Å². The van der Waals surface area contributed by atoms with Gasteiger partial charge in [0.25, 0.3) is 5.22 Å². The van der Waals surface area contributed by atoms with Crippen LogP contribution in [0, 0.1) is 6.92 Å². The lowest BCUT2D eigenvalue weighted by molar-refractivity contribution is 0.429. The van der Waals surface area contributed by atoms with Crippen molar-refractivity contribution in [3.05, 3.63) is 5.89 Å². The molecule has 0 unspecified atom stereocenters. The summed E-state index contributed by atoms with van der Waals surface area (Å²) in [4.78, 5) is 13.9. The zero-order valence-electron chi connectivity index (χ0n) is 9.58. The Bertz CT molecular complexity index is 526. The number of hydrogen-bond acceptors (Lipinski definition) is 9. The van der Waals surface area contributed by atoms with Gasteiger partial charge in [0.05, 0.1) is 0 Å². The SMILES string of the molecule is Cc1nnc(Sc2nc(N)nc(N(C)C)n2)o1. The number of aromatic nitrogens is 5. The van der Waals surface area contributed by atoms with Crippen LogP contribution in [0.1, 0.15) is 5.89 Å². The van der Waals surface area contributed by atoms with Crippen molar-refractivity contribution in [3.8, 4) is 0 Å². The van der Waals surface area contributed by atoms with Gasteiger partial charge in [0.15, 0.2) is 0 Å². The minimum Gasteiger partial charge on any atom is -0.416 e. The van der Waals surface area contributed by atoms with Gasteiger partial charge in [0.2, 0.25) is 22.9 Å². The van der Waals surface area contributed by atoms with Crippen LogP contribution in [0.5, 0.6) is 0 Å². The van der Waals surface area contributed by atoms with Gasteiger partial charge < -0.3 is 15.1 Å². The second-order valence-electron chi connectivity index (χ2n) is 3.36. The van der Waals surface area contributed by atoms with E-state index in [0.29, 0.717) is 22.2 Å². The van der Waals surface area contributed by atoms with E-state index in [-0.39, 0.29) is 5.95 Å². The molecular formula is C8H11N7OS. The molecule has 2 aromatic rings. The molecule has 2 aromatic heterocycles. The predicted molar refractivity (Wildman–Crippen MR) is 61.7 cm³/mol. The highest BCUT2D eigenvalue weighted by atomic mass is 32.2. The summed E-state index contributed by atoms with van der Waals surface area (Å²) in [6.45, 7) is 1.71. The van der Waals surface area contributed by atoms with Gasteiger partial charge in [0.1, 0.15) is 0 Å². The minimum absolute atomic E-state index is 0.155. The first-order valence-electron chi connectivity index (χ1n) is 4.71. The normalized spacial score (nSPS) is 10.5. The monoisotopic (exact) mass is 253 g/mol. The lowest BCUT2D eigenvalue weighted by atomic mass is 10.8. The van der Waals surface area contributed by atoms with E-state index in [4.69, 9.17) is 10.2 Å². The predicted octanol–water partition coefficient (Wildman–Crippen LogP) is 0.362. The second-order valence-corrected chi connectivity index (χ2v) is 4.28. The summed E-state index contributed by atoms with van der Waals surface area (Å²) in [5, 5.41) is 8.34. The molecule has 0 bridgehead atoms. The van der Waals surface area contributed by atoms with E-state index >= 15 is 0 Å². The number of hydrogen-bond donors (Lipinski definition) is 1. The molecule has 2 rings (SSSR count). The zero-order chi connectivity index (χ0) is 12.4. The molecule has 2 N–H and O–H groups in total. The number of aryl methyl sites for hydroxylation is 1. The molecule has 0 fully saturated rings. The van der Waals surface area contributed by atoms with E-state index in [1.165, 1.54) is 0 Å². The Labute approximate surface area is 102 Å². The van der Waals surface area contributed by atoms with Crippen LogP contribution in [0.3, 0.4) is 0 Å². The third kappa shape index (κ3) is 2.81. The highest BCUT2D eigenvalue weighted by molar-refractivity contribution is 7.98. The Hall–Kier alpha value is -1.90. The average molecular weight is 253 g/mol. The first-order valence-corrected chi connectivity index (χ1v) is 5.53. The van der Waals surface area contributed by atoms with Gasteiger partial charge in [0, 0.05) is 32.8 Å². The van der Waals surface area contributed by atoms with E-state index in [9.17, 15) is 0 Å². The molecule has 0 aliphatic rings. The summed E-state index contributed by atoms with van der Waals surface area (Å²) in [5.41, 5.74) is 5.59. The van der Waals surface area contributed by atoms with E-state index in [1.54, 1.807) is 11.8 Å². The molecular weight excluding hydrogens is 242 g/mol. The third-order valence-corrected chi connectivity index (χ3v) is 2.41. The van der Waals surface area contributed by atoms with Crippen molar-refractivity contribution in [2.75, 3.05) is 24.7 Å². The van der Waals surface area contributed by atoms with Crippen molar-refractivity contribution in [3.63, 3.8) is 0 Å². The number of nitrogen functional groups attached to an aromatic ring is 1. The third-order valence-electron chi connectivity index (χ3n) is 1.71. The number of rotatable bonds is 3. The molecule has 8 nitrogen and oxygen atoms in total. The maximum Gasteiger partial charge on any atom is 0.284 e. The Kier molecular flexibility index (Phi) is 3.09. The van der Waals surface area contributed by atoms with Crippen LogP contribution in [-0.2, 0) is 0 Å². The average Bonchev–Trinajstić information content (AvgIpc) is 2.63. The molecule has 17 heavy (non-hydrogen) atoms. The highest BCUT2D eigenvalue weighted by Crippen LogP contribution is 2.24. The van der Waals surface area contributed by atoms with E-state index < -0.39 is 0 Å². The molecule has 0 spiro atoms. The number of nitrogens with two attached hydrogens (primary N) is 1. The lowest BCUT2D eigenvalue weighted by Crippen LogP contribution is -2.15. The molecule has 0 aromatic carbocycles. The molecule has 2 heterocycles. The van der Waals surface area contributed by atoms with Crippen LogP contribution in [0.25, 0.3) is 0 Å². The van der Waals surface area contributed by atoms with Crippen molar-refractivity contribution in [2.45, 2.75) is 17.3 Å². The minimum atomic E-state index is 0.155. The molecule has 0 amide bonds. The first kappa shape index (κ1) is 11.6. The quantitative estimate of drug-likeness (QED) is 0.829. The summed E-state index contributed by atoms with van der Waals surface area (Å²) in [6, 6.07) is 0. The number of anilines is 2. The smallest absolute Gasteiger partial charge is 0.284 e. The highest BCUT2D eigenvalue weighted by Gasteiger charge is 2.11. The fourth-order valence-electron chi connectivity index (χ4n) is 1.00. The van der Waals surface area contributed by atoms with Crippen LogP contribution < -0.4 is 10.6 Å². The topological polar surface area (TPSA) is 107 Å². The van der Waals surface area contributed by atoms with Crippen molar-refractivity contribution in [1.82, 2.24) is 25.1 Å². The fraction of sp³-hybridized carbons (Fsp3) is 0.375. The lowest BCUT2D eigenvalue weighted by Gasteiger charge is -2.10. The fourth-order valence-corrected chi connectivity index (χ4v) is 1.67. The largest absolute Gasteiger partial charge is 0.416 e. The van der Waals surface area contributed by atoms with E-state index in [2.05, 4.69) is 25.1 Å². The molecule has 0 saturated carbocycles. The van der Waals surface area contributed by atoms with Crippen molar-refractivity contribution in [2.24, 2.45) is 0 Å². The summed E-state index contributed by atoms with van der Waals surface area (Å²) in [6.07, 6.45) is 0.